The van der Waals surface area contributed by atoms with Crippen molar-refractivity contribution in [1.29, 1.82) is 0 Å². The first-order valence-corrected chi connectivity index (χ1v) is 10.9. The fourth-order valence-corrected chi connectivity index (χ4v) is 4.51. The van der Waals surface area contributed by atoms with E-state index in [1.54, 1.807) is 0 Å². The zero-order valence-electron chi connectivity index (χ0n) is 17.0. The van der Waals surface area contributed by atoms with Crippen molar-refractivity contribution in [1.82, 2.24) is 14.9 Å². The first-order chi connectivity index (χ1) is 14.1. The van der Waals surface area contributed by atoms with E-state index < -0.39 is 6.10 Å². The average molecular weight is 399 g/mol. The normalized spacial score (nSPS) is 19.1. The van der Waals surface area contributed by atoms with Gasteiger partial charge in [-0.25, -0.2) is 9.37 Å². The van der Waals surface area contributed by atoms with Crippen LogP contribution in [0.4, 0.5) is 10.2 Å². The number of nitrogens with two attached hydrogens (primary N) is 1. The molecule has 29 heavy (non-hydrogen) atoms. The molecule has 1 atom stereocenters. The second-order valence-corrected chi connectivity index (χ2v) is 8.50. The number of hydrogen-bond donors (Lipinski definition) is 2. The predicted molar refractivity (Wildman–Crippen MR) is 113 cm³/mol. The lowest BCUT2D eigenvalue weighted by atomic mass is 9.77. The van der Waals surface area contributed by atoms with Crippen molar-refractivity contribution in [2.24, 2.45) is 0 Å². The van der Waals surface area contributed by atoms with Crippen molar-refractivity contribution in [3.8, 4) is 11.3 Å². The van der Waals surface area contributed by atoms with Crippen LogP contribution in [0, 0.1) is 5.82 Å². The molecule has 1 saturated heterocycles. The zero-order chi connectivity index (χ0) is 20.2. The van der Waals surface area contributed by atoms with E-state index in [4.69, 9.17) is 5.73 Å². The molecule has 2 heterocycles. The van der Waals surface area contributed by atoms with Gasteiger partial charge in [-0.1, -0.05) is 18.9 Å². The molecule has 1 aliphatic carbocycles. The first kappa shape index (κ1) is 20.2. The summed E-state index contributed by atoms with van der Waals surface area (Å²) in [6, 6.07) is 3.86. The number of nitrogen functional groups attached to an aromatic ring is 1. The van der Waals surface area contributed by atoms with E-state index >= 15 is 4.39 Å². The standard InChI is InChI=1S/C23H31FN4O/c24-23-19(8-7-17(29)15-28-11-2-1-3-12-28)18(16-5-4-6-16)9-10-20(23)21-13-27-22(25)14-26-21/h9-10,13-14,16-17,29H,1-8,11-12,15H2,(H2,25,27). The Bertz CT molecular complexity index is 816. The molecule has 1 aromatic heterocycles. The third kappa shape index (κ3) is 4.75. The molecule has 0 amide bonds. The van der Waals surface area contributed by atoms with Crippen LogP contribution in [0.2, 0.25) is 0 Å². The summed E-state index contributed by atoms with van der Waals surface area (Å²) in [6.07, 6.45) is 10.8. The number of piperidine rings is 1. The highest BCUT2D eigenvalue weighted by Gasteiger charge is 2.26. The number of nitrogens with zero attached hydrogens (tertiary/aromatic N) is 3. The number of anilines is 1. The van der Waals surface area contributed by atoms with Crippen LogP contribution in [0.25, 0.3) is 11.3 Å². The van der Waals surface area contributed by atoms with Crippen LogP contribution in [-0.2, 0) is 6.42 Å². The molecule has 1 unspecified atom stereocenters. The summed E-state index contributed by atoms with van der Waals surface area (Å²) in [6.45, 7) is 2.80. The molecule has 0 bridgehead atoms. The lowest BCUT2D eigenvalue weighted by molar-refractivity contribution is 0.0948. The Balaban J connectivity index is 1.52. The minimum atomic E-state index is -0.429. The summed E-state index contributed by atoms with van der Waals surface area (Å²) >= 11 is 0. The highest BCUT2D eigenvalue weighted by molar-refractivity contribution is 5.62. The van der Waals surface area contributed by atoms with Crippen molar-refractivity contribution in [2.45, 2.75) is 63.4 Å². The zero-order valence-corrected chi connectivity index (χ0v) is 17.0. The smallest absolute Gasteiger partial charge is 0.141 e. The number of benzene rings is 1. The molecule has 1 saturated carbocycles. The van der Waals surface area contributed by atoms with Gasteiger partial charge in [0, 0.05) is 12.1 Å². The third-order valence-corrected chi connectivity index (χ3v) is 6.42. The lowest BCUT2D eigenvalue weighted by Crippen LogP contribution is -2.36. The fraction of sp³-hybridized carbons (Fsp3) is 0.565. The average Bonchev–Trinajstić information content (AvgIpc) is 2.68. The minimum absolute atomic E-state index is 0.223. The highest BCUT2D eigenvalue weighted by Crippen LogP contribution is 2.40. The van der Waals surface area contributed by atoms with Gasteiger partial charge < -0.3 is 15.7 Å². The minimum Gasteiger partial charge on any atom is -0.392 e. The number of β-amino-alcohol motifs (C(OH)–C–C–N with tert-alkyl or cyclic N) is 1. The van der Waals surface area contributed by atoms with Crippen LogP contribution in [0.5, 0.6) is 0 Å². The maximum absolute atomic E-state index is 15.6. The van der Waals surface area contributed by atoms with Gasteiger partial charge in [0.05, 0.1) is 24.2 Å². The molecule has 2 fully saturated rings. The number of rotatable bonds is 7. The Morgan fingerprint density at radius 2 is 1.90 bits per heavy atom. The van der Waals surface area contributed by atoms with Crippen LogP contribution >= 0.6 is 0 Å². The molecule has 156 valence electrons. The van der Waals surface area contributed by atoms with Crippen LogP contribution in [0.15, 0.2) is 24.5 Å². The maximum atomic E-state index is 15.6. The van der Waals surface area contributed by atoms with Gasteiger partial charge in [0.15, 0.2) is 0 Å². The molecule has 4 rings (SSSR count). The Morgan fingerprint density at radius 3 is 2.55 bits per heavy atom. The van der Waals surface area contributed by atoms with Gasteiger partial charge in [-0.2, -0.15) is 0 Å². The third-order valence-electron chi connectivity index (χ3n) is 6.42. The molecule has 2 aromatic rings. The van der Waals surface area contributed by atoms with E-state index in [0.29, 0.717) is 42.4 Å². The van der Waals surface area contributed by atoms with E-state index in [2.05, 4.69) is 14.9 Å². The van der Waals surface area contributed by atoms with E-state index in [-0.39, 0.29) is 5.82 Å². The molecule has 3 N–H and O–H groups in total. The number of hydrogen-bond acceptors (Lipinski definition) is 5. The van der Waals surface area contributed by atoms with Crippen LogP contribution in [-0.4, -0.2) is 45.7 Å². The molecule has 6 heteroatoms. The second kappa shape index (κ2) is 9.18. The van der Waals surface area contributed by atoms with Crippen molar-refractivity contribution < 1.29 is 9.50 Å². The summed E-state index contributed by atoms with van der Waals surface area (Å²) in [4.78, 5) is 10.6. The van der Waals surface area contributed by atoms with Gasteiger partial charge >= 0.3 is 0 Å². The molecule has 0 spiro atoms. The van der Waals surface area contributed by atoms with Crippen molar-refractivity contribution in [2.75, 3.05) is 25.4 Å². The van der Waals surface area contributed by atoms with Crippen molar-refractivity contribution >= 4 is 5.82 Å². The van der Waals surface area contributed by atoms with Gasteiger partial charge in [0.2, 0.25) is 0 Å². The quantitative estimate of drug-likeness (QED) is 0.740. The lowest BCUT2D eigenvalue weighted by Gasteiger charge is -2.30. The largest absolute Gasteiger partial charge is 0.392 e. The number of aliphatic hydroxyl groups excluding tert-OH is 1. The number of aromatic nitrogens is 2. The molecular weight excluding hydrogens is 367 g/mol. The van der Waals surface area contributed by atoms with Crippen LogP contribution in [0.1, 0.15) is 62.0 Å². The van der Waals surface area contributed by atoms with Gasteiger partial charge in [0.25, 0.3) is 0 Å². The maximum Gasteiger partial charge on any atom is 0.141 e. The van der Waals surface area contributed by atoms with Crippen molar-refractivity contribution in [3.05, 3.63) is 41.5 Å². The number of halogens is 1. The fourth-order valence-electron chi connectivity index (χ4n) is 4.51. The summed E-state index contributed by atoms with van der Waals surface area (Å²) in [5.74, 6) is 0.533. The molecule has 5 nitrogen and oxygen atoms in total. The molecule has 2 aliphatic rings. The number of likely N-dealkylation sites (tertiary alicyclic amines) is 1. The van der Waals surface area contributed by atoms with Gasteiger partial charge in [-0.15, -0.1) is 0 Å². The predicted octanol–water partition coefficient (Wildman–Crippen LogP) is 3.91. The van der Waals surface area contributed by atoms with Crippen molar-refractivity contribution in [3.63, 3.8) is 0 Å². The van der Waals surface area contributed by atoms with E-state index in [1.807, 2.05) is 12.1 Å². The highest BCUT2D eigenvalue weighted by atomic mass is 19.1. The van der Waals surface area contributed by atoms with Gasteiger partial charge in [-0.05, 0) is 74.7 Å². The molecule has 0 radical (unpaired) electrons. The first-order valence-electron chi connectivity index (χ1n) is 10.9. The second-order valence-electron chi connectivity index (χ2n) is 8.50. The molecule has 1 aromatic carbocycles. The molecular formula is C23H31FN4O. The monoisotopic (exact) mass is 398 g/mol. The van der Waals surface area contributed by atoms with E-state index in [1.165, 1.54) is 38.1 Å². The summed E-state index contributed by atoms with van der Waals surface area (Å²) in [5.41, 5.74) is 8.41. The Hall–Kier alpha value is -2.05. The van der Waals surface area contributed by atoms with E-state index in [9.17, 15) is 5.11 Å². The van der Waals surface area contributed by atoms with E-state index in [0.717, 1.165) is 37.1 Å². The summed E-state index contributed by atoms with van der Waals surface area (Å²) < 4.78 is 15.6. The van der Waals surface area contributed by atoms with Gasteiger partial charge in [0.1, 0.15) is 11.6 Å². The SMILES string of the molecule is Nc1cnc(-c2ccc(C3CCC3)c(CCC(O)CN3CCCCC3)c2F)cn1. The molecule has 1 aliphatic heterocycles. The Labute approximate surface area is 172 Å². The van der Waals surface area contributed by atoms with Crippen LogP contribution in [0.3, 0.4) is 0 Å². The number of aliphatic hydroxyl groups is 1. The summed E-state index contributed by atoms with van der Waals surface area (Å²) in [5, 5.41) is 10.6. The Morgan fingerprint density at radius 1 is 1.10 bits per heavy atom. The summed E-state index contributed by atoms with van der Waals surface area (Å²) in [7, 11) is 0. The van der Waals surface area contributed by atoms with Gasteiger partial charge in [-0.3, -0.25) is 4.98 Å². The Kier molecular flexibility index (Phi) is 6.40. The topological polar surface area (TPSA) is 75.3 Å². The van der Waals surface area contributed by atoms with Crippen LogP contribution < -0.4 is 5.73 Å².